The Morgan fingerprint density at radius 3 is 2.44 bits per heavy atom. The summed E-state index contributed by atoms with van der Waals surface area (Å²) in [5.41, 5.74) is -4.36. The summed E-state index contributed by atoms with van der Waals surface area (Å²) in [4.78, 5) is 12.9. The van der Waals surface area contributed by atoms with Crippen LogP contribution in [0.3, 0.4) is 0 Å². The molecular weight excluding hydrogens is 553 g/mol. The number of nitrogens with zero attached hydrogens (tertiary/aromatic N) is 7. The molecule has 0 saturated carbocycles. The molecule has 0 unspecified atom stereocenters. The first-order valence-corrected chi connectivity index (χ1v) is 13.5. The van der Waals surface area contributed by atoms with Gasteiger partial charge in [0, 0.05) is 32.6 Å². The molecule has 200 valence electrons. The molecule has 4 heterocycles. The summed E-state index contributed by atoms with van der Waals surface area (Å²) in [5, 5.41) is 3.43. The van der Waals surface area contributed by atoms with E-state index in [1.165, 1.54) is 8.28 Å². The van der Waals surface area contributed by atoms with Crippen molar-refractivity contribution < 1.29 is 39.1 Å². The molecule has 3 aromatic heterocycles. The number of halogens is 4. The Balaban J connectivity index is 0.000000392. The average molecular weight is 575 g/mol. The lowest BCUT2D eigenvalue weighted by Gasteiger charge is -2.16. The third kappa shape index (κ3) is 5.72. The van der Waals surface area contributed by atoms with Gasteiger partial charge in [0.05, 0.1) is 13.4 Å². The molecule has 13 nitrogen and oxygen atoms in total. The lowest BCUT2D eigenvalue weighted by Crippen LogP contribution is -2.38. The van der Waals surface area contributed by atoms with Gasteiger partial charge in [-0.3, -0.25) is 0 Å². The van der Waals surface area contributed by atoms with Crippen molar-refractivity contribution in [3.8, 4) is 0 Å². The smallest absolute Gasteiger partial charge is 0.485 e. The van der Waals surface area contributed by atoms with E-state index in [9.17, 15) is 21.6 Å². The highest BCUT2D eigenvalue weighted by atomic mass is 35.5. The van der Waals surface area contributed by atoms with Gasteiger partial charge in [0.15, 0.2) is 27.1 Å². The van der Waals surface area contributed by atoms with Crippen LogP contribution in [0.25, 0.3) is 11.2 Å². The van der Waals surface area contributed by atoms with Crippen LogP contribution < -0.4 is 9.88 Å². The van der Waals surface area contributed by atoms with Crippen LogP contribution in [0.4, 0.5) is 19.0 Å². The number of rotatable bonds is 5. The summed E-state index contributed by atoms with van der Waals surface area (Å²) >= 11 is 6.08. The van der Waals surface area contributed by atoms with Crippen molar-refractivity contribution in [2.24, 2.45) is 7.05 Å². The highest BCUT2D eigenvalue weighted by Gasteiger charge is 2.38. The third-order valence-corrected chi connectivity index (χ3v) is 7.99. The molecular formula is C17H22ClF3N8O5S2. The van der Waals surface area contributed by atoms with Gasteiger partial charge in [-0.15, -0.1) is 3.97 Å². The zero-order chi connectivity index (χ0) is 27.1. The van der Waals surface area contributed by atoms with Crippen molar-refractivity contribution in [2.45, 2.75) is 38.4 Å². The minimum Gasteiger partial charge on any atom is -0.741 e. The van der Waals surface area contributed by atoms with Gasteiger partial charge in [-0.1, -0.05) is 0 Å². The van der Waals surface area contributed by atoms with E-state index in [1.807, 2.05) is 18.5 Å². The summed E-state index contributed by atoms with van der Waals surface area (Å²) in [5.74, 6) is 1.17. The fourth-order valence-electron chi connectivity index (χ4n) is 3.40. The predicted molar refractivity (Wildman–Crippen MR) is 120 cm³/mol. The molecule has 0 aromatic carbocycles. The van der Waals surface area contributed by atoms with Gasteiger partial charge in [-0.05, 0) is 24.9 Å². The molecule has 0 bridgehead atoms. The van der Waals surface area contributed by atoms with E-state index in [-0.39, 0.29) is 11.3 Å². The first kappa shape index (κ1) is 28.0. The summed E-state index contributed by atoms with van der Waals surface area (Å²) in [6.45, 7) is 5.24. The van der Waals surface area contributed by atoms with Crippen molar-refractivity contribution in [2.75, 3.05) is 18.4 Å². The Kier molecular flexibility index (Phi) is 7.85. The minimum atomic E-state index is -6.09. The monoisotopic (exact) mass is 574 g/mol. The molecule has 36 heavy (non-hydrogen) atoms. The Morgan fingerprint density at radius 1 is 1.28 bits per heavy atom. The Hall–Kier alpha value is -2.54. The van der Waals surface area contributed by atoms with Crippen LogP contribution in [-0.4, -0.2) is 73.8 Å². The summed E-state index contributed by atoms with van der Waals surface area (Å²) in [6.07, 6.45) is 5.64. The van der Waals surface area contributed by atoms with Gasteiger partial charge in [-0.25, -0.2) is 18.0 Å². The minimum absolute atomic E-state index is 0.0969. The van der Waals surface area contributed by atoms with E-state index in [1.54, 1.807) is 30.2 Å². The zero-order valence-corrected chi connectivity index (χ0v) is 21.5. The number of anilines is 1. The number of nitrogens with one attached hydrogen (secondary N) is 1. The van der Waals surface area contributed by atoms with Gasteiger partial charge in [0.2, 0.25) is 5.28 Å². The number of fused-ring (bicyclic) bond motifs is 1. The van der Waals surface area contributed by atoms with E-state index >= 15 is 0 Å². The van der Waals surface area contributed by atoms with E-state index < -0.39 is 25.8 Å². The highest BCUT2D eigenvalue weighted by molar-refractivity contribution is 7.87. The Labute approximate surface area is 209 Å². The topological polar surface area (TPSA) is 159 Å². The molecule has 0 amide bonds. The summed E-state index contributed by atoms with van der Waals surface area (Å²) in [7, 11) is -7.89. The molecule has 1 atom stereocenters. The number of hydrogen-bond acceptors (Lipinski definition) is 9. The lowest BCUT2D eigenvalue weighted by atomic mass is 10.2. The van der Waals surface area contributed by atoms with Crippen molar-refractivity contribution in [1.82, 2.24) is 27.8 Å². The fourth-order valence-corrected chi connectivity index (χ4v) is 5.19. The van der Waals surface area contributed by atoms with Crippen LogP contribution in [0.5, 0.6) is 0 Å². The molecule has 1 N–H and O–H groups in total. The number of aromatic nitrogens is 6. The molecule has 19 heteroatoms. The number of alkyl halides is 3. The maximum Gasteiger partial charge on any atom is 0.485 e. The van der Waals surface area contributed by atoms with Gasteiger partial charge < -0.3 is 14.4 Å². The molecule has 3 aromatic rings. The van der Waals surface area contributed by atoms with Crippen molar-refractivity contribution in [3.63, 3.8) is 0 Å². The van der Waals surface area contributed by atoms with Crippen LogP contribution in [0, 0.1) is 6.92 Å². The maximum absolute atomic E-state index is 13.0. The van der Waals surface area contributed by atoms with Crippen LogP contribution in [-0.2, 0) is 33.9 Å². The molecule has 0 aliphatic carbocycles. The first-order valence-electron chi connectivity index (χ1n) is 10.3. The van der Waals surface area contributed by atoms with Crippen molar-refractivity contribution in [3.05, 3.63) is 29.8 Å². The zero-order valence-electron chi connectivity index (χ0n) is 19.1. The Morgan fingerprint density at radius 2 is 1.92 bits per heavy atom. The molecule has 4 rings (SSSR count). The van der Waals surface area contributed by atoms with Crippen LogP contribution in [0.1, 0.15) is 19.2 Å². The highest BCUT2D eigenvalue weighted by Crippen LogP contribution is 2.25. The largest absolute Gasteiger partial charge is 0.741 e. The number of hydrogen-bond donors (Lipinski definition) is 1. The van der Waals surface area contributed by atoms with Gasteiger partial charge >= 0.3 is 15.7 Å². The number of aryl methyl sites for hydroxylation is 2. The fraction of sp³-hybridized carbons (Fsp3) is 0.529. The second kappa shape index (κ2) is 10.1. The van der Waals surface area contributed by atoms with E-state index in [4.69, 9.17) is 24.6 Å². The quantitative estimate of drug-likeness (QED) is 0.201. The molecule has 1 aliphatic rings. The molecule has 0 radical (unpaired) electrons. The Bertz CT molecular complexity index is 1470. The van der Waals surface area contributed by atoms with Crippen LogP contribution in [0.15, 0.2) is 18.7 Å². The SMILES string of the molecule is CCn1cnc2c(N[C@H]3CCN(S(=O)(=O)n4cc[n+](C)c4C)C3)nc(Cl)nc21.O=S(=O)([O-])C(F)(F)F. The van der Waals surface area contributed by atoms with Crippen molar-refractivity contribution >= 4 is 48.9 Å². The van der Waals surface area contributed by atoms with Crippen LogP contribution in [0.2, 0.25) is 5.28 Å². The second-order valence-corrected chi connectivity index (χ2v) is 11.2. The predicted octanol–water partition coefficient (Wildman–Crippen LogP) is 0.765. The van der Waals surface area contributed by atoms with E-state index in [0.717, 1.165) is 0 Å². The average Bonchev–Trinajstić information content (AvgIpc) is 3.47. The first-order chi connectivity index (χ1) is 16.6. The summed E-state index contributed by atoms with van der Waals surface area (Å²) < 4.78 is 91.3. The standard InChI is InChI=1S/C16H22ClN8O2S.CHF3O3S/c1-4-23-10-18-13-14(20-16(17)21-15(13)23)19-12-5-6-24(9-12)28(26,27)25-8-7-22(3)11(25)2;2-1(3,4)8(5,6)7/h7-8,10,12H,4-6,9H2,1-3H3,(H,19,20,21);(H,5,6,7)/q+1;/p-1/t12-;/m0./s1. The third-order valence-electron chi connectivity index (χ3n) is 5.38. The number of imidazole rings is 2. The second-order valence-electron chi connectivity index (χ2n) is 7.69. The van der Waals surface area contributed by atoms with Gasteiger partial charge in [-0.2, -0.15) is 35.9 Å². The normalized spacial score (nSPS) is 17.3. The van der Waals surface area contributed by atoms with Gasteiger partial charge in [0.1, 0.15) is 12.4 Å². The molecule has 1 fully saturated rings. The van der Waals surface area contributed by atoms with Crippen molar-refractivity contribution in [1.29, 1.82) is 0 Å². The summed E-state index contributed by atoms with van der Waals surface area (Å²) in [6, 6.07) is -0.0969. The molecule has 1 saturated heterocycles. The van der Waals surface area contributed by atoms with Crippen LogP contribution >= 0.6 is 11.6 Å². The lowest BCUT2D eigenvalue weighted by molar-refractivity contribution is -0.676. The van der Waals surface area contributed by atoms with E-state index in [0.29, 0.717) is 48.9 Å². The van der Waals surface area contributed by atoms with Gasteiger partial charge in [0.25, 0.3) is 5.82 Å². The maximum atomic E-state index is 13.0. The molecule has 0 spiro atoms. The van der Waals surface area contributed by atoms with E-state index in [2.05, 4.69) is 20.3 Å². The molecule has 1 aliphatic heterocycles.